The van der Waals surface area contributed by atoms with Crippen LogP contribution in [-0.4, -0.2) is 49.4 Å². The molecule has 0 radical (unpaired) electrons. The van der Waals surface area contributed by atoms with Crippen LogP contribution in [0.2, 0.25) is 0 Å². The number of methoxy groups -OCH3 is 1. The Bertz CT molecular complexity index is 702. The molecule has 1 saturated carbocycles. The fraction of sp³-hybridized carbons (Fsp3) is 0.556. The minimum atomic E-state index is -2.57. The molecule has 8 heteroatoms. The van der Waals surface area contributed by atoms with E-state index in [4.69, 9.17) is 9.47 Å². The zero-order chi connectivity index (χ0) is 18.9. The molecule has 1 N–H and O–H groups in total. The minimum absolute atomic E-state index is 0.0634. The van der Waals surface area contributed by atoms with Gasteiger partial charge in [-0.3, -0.25) is 9.59 Å². The number of hydrogen-bond acceptors (Lipinski definition) is 4. The highest BCUT2D eigenvalue weighted by Gasteiger charge is 2.45. The lowest BCUT2D eigenvalue weighted by molar-refractivity contribution is -0.131. The van der Waals surface area contributed by atoms with Crippen molar-refractivity contribution in [2.45, 2.75) is 37.6 Å². The van der Waals surface area contributed by atoms with Crippen molar-refractivity contribution in [2.75, 3.05) is 26.1 Å². The molecule has 0 spiro atoms. The van der Waals surface area contributed by atoms with Crippen LogP contribution in [-0.2, 0) is 9.59 Å². The molecular weight excluding hydrogens is 346 g/mol. The molecule has 1 unspecified atom stereocenters. The quantitative estimate of drug-likeness (QED) is 0.838. The number of likely N-dealkylation sites (tertiary alicyclic amines) is 1. The minimum Gasteiger partial charge on any atom is -0.495 e. The lowest BCUT2D eigenvalue weighted by atomic mass is 9.82. The van der Waals surface area contributed by atoms with Crippen LogP contribution >= 0.6 is 0 Å². The van der Waals surface area contributed by atoms with Gasteiger partial charge in [-0.15, -0.1) is 0 Å². The first-order valence-electron chi connectivity index (χ1n) is 8.54. The van der Waals surface area contributed by atoms with E-state index in [2.05, 4.69) is 5.32 Å². The molecule has 1 saturated heterocycles. The Balaban J connectivity index is 1.64. The van der Waals surface area contributed by atoms with Crippen molar-refractivity contribution in [3.05, 3.63) is 18.2 Å². The molecule has 2 amide bonds. The van der Waals surface area contributed by atoms with Gasteiger partial charge in [0.1, 0.15) is 17.5 Å². The Labute approximate surface area is 150 Å². The van der Waals surface area contributed by atoms with E-state index in [1.165, 1.54) is 12.0 Å². The van der Waals surface area contributed by atoms with E-state index in [0.717, 1.165) is 0 Å². The number of nitrogens with zero attached hydrogens (tertiary/aromatic N) is 1. The number of nitrogens with one attached hydrogen (secondary N) is 1. The molecule has 2 aliphatic rings. The van der Waals surface area contributed by atoms with Crippen LogP contribution in [0, 0.1) is 5.92 Å². The molecular formula is C18H22F2N2O4. The molecule has 6 nitrogen and oxygen atoms in total. The van der Waals surface area contributed by atoms with Gasteiger partial charge in [-0.2, -0.15) is 0 Å². The van der Waals surface area contributed by atoms with E-state index < -0.39 is 12.0 Å². The van der Waals surface area contributed by atoms with E-state index >= 15 is 0 Å². The highest BCUT2D eigenvalue weighted by molar-refractivity contribution is 5.99. The maximum Gasteiger partial charge on any atom is 0.248 e. The number of alkyl halides is 2. The molecule has 0 bridgehead atoms. The SMILES string of the molecule is COc1ccc(OCC2CC(F)(F)C2)cc1NC(=O)C1CCC(=O)N1C. The third-order valence-electron chi connectivity index (χ3n) is 4.88. The van der Waals surface area contributed by atoms with E-state index in [0.29, 0.717) is 30.0 Å². The Morgan fingerprint density at radius 2 is 2.12 bits per heavy atom. The Morgan fingerprint density at radius 1 is 1.38 bits per heavy atom. The number of likely N-dealkylation sites (N-methyl/N-ethyl adjacent to an activating group) is 1. The van der Waals surface area contributed by atoms with Crippen molar-refractivity contribution in [1.29, 1.82) is 0 Å². The lowest BCUT2D eigenvalue weighted by Gasteiger charge is -2.34. The Hall–Kier alpha value is -2.38. The summed E-state index contributed by atoms with van der Waals surface area (Å²) in [5.41, 5.74) is 0.418. The number of benzene rings is 1. The van der Waals surface area contributed by atoms with Crippen LogP contribution in [0.25, 0.3) is 0 Å². The summed E-state index contributed by atoms with van der Waals surface area (Å²) in [4.78, 5) is 25.5. The molecule has 1 atom stereocenters. The molecule has 1 aliphatic carbocycles. The summed E-state index contributed by atoms with van der Waals surface area (Å²) in [6, 6.07) is 4.39. The first kappa shape index (κ1) is 18.4. The van der Waals surface area contributed by atoms with Crippen LogP contribution in [0.1, 0.15) is 25.7 Å². The second-order valence-corrected chi connectivity index (χ2v) is 6.85. The second-order valence-electron chi connectivity index (χ2n) is 6.85. The van der Waals surface area contributed by atoms with Gasteiger partial charge in [-0.05, 0) is 18.6 Å². The van der Waals surface area contributed by atoms with Gasteiger partial charge in [-0.1, -0.05) is 0 Å². The summed E-state index contributed by atoms with van der Waals surface area (Å²) in [5.74, 6) is -2.18. The molecule has 1 aromatic carbocycles. The van der Waals surface area contributed by atoms with Gasteiger partial charge in [0.25, 0.3) is 0 Å². The van der Waals surface area contributed by atoms with Crippen molar-refractivity contribution in [1.82, 2.24) is 4.90 Å². The average Bonchev–Trinajstić information content (AvgIpc) is 2.90. The second kappa shape index (κ2) is 7.09. The van der Waals surface area contributed by atoms with Gasteiger partial charge in [0.05, 0.1) is 19.4 Å². The maximum absolute atomic E-state index is 12.9. The van der Waals surface area contributed by atoms with Gasteiger partial charge in [0.15, 0.2) is 0 Å². The number of carbonyl (C=O) groups excluding carboxylic acids is 2. The Morgan fingerprint density at radius 3 is 2.69 bits per heavy atom. The van der Waals surface area contributed by atoms with Crippen LogP contribution in [0.3, 0.4) is 0 Å². The summed E-state index contributed by atoms with van der Waals surface area (Å²) in [5, 5.41) is 2.77. The molecule has 3 rings (SSSR count). The first-order chi connectivity index (χ1) is 12.3. The van der Waals surface area contributed by atoms with Gasteiger partial charge in [0.2, 0.25) is 17.7 Å². The van der Waals surface area contributed by atoms with Crippen molar-refractivity contribution in [3.63, 3.8) is 0 Å². The molecule has 1 heterocycles. The largest absolute Gasteiger partial charge is 0.495 e. The number of ether oxygens (including phenoxy) is 2. The monoisotopic (exact) mass is 368 g/mol. The number of anilines is 1. The fourth-order valence-corrected chi connectivity index (χ4v) is 3.32. The number of halogens is 2. The number of amides is 2. The number of rotatable bonds is 6. The van der Waals surface area contributed by atoms with Crippen LogP contribution in [0.4, 0.5) is 14.5 Å². The molecule has 2 fully saturated rings. The summed E-state index contributed by atoms with van der Waals surface area (Å²) in [6.07, 6.45) is 0.500. The molecule has 1 aliphatic heterocycles. The number of hydrogen-bond donors (Lipinski definition) is 1. The highest BCUT2D eigenvalue weighted by atomic mass is 19.3. The van der Waals surface area contributed by atoms with Crippen molar-refractivity contribution >= 4 is 17.5 Å². The van der Waals surface area contributed by atoms with E-state index in [9.17, 15) is 18.4 Å². The molecule has 26 heavy (non-hydrogen) atoms. The standard InChI is InChI=1S/C18H22F2N2O4/c1-22-14(4-6-16(22)23)17(24)21-13-7-12(3-5-15(13)25-2)26-10-11-8-18(19,20)9-11/h3,5,7,11,14H,4,6,8-10H2,1-2H3,(H,21,24). The van der Waals surface area contributed by atoms with Crippen LogP contribution < -0.4 is 14.8 Å². The third kappa shape index (κ3) is 3.89. The van der Waals surface area contributed by atoms with E-state index in [1.807, 2.05) is 0 Å². The van der Waals surface area contributed by atoms with Crippen molar-refractivity contribution in [2.24, 2.45) is 5.92 Å². The van der Waals surface area contributed by atoms with E-state index in [1.54, 1.807) is 25.2 Å². The van der Waals surface area contributed by atoms with Gasteiger partial charge in [-0.25, -0.2) is 8.78 Å². The van der Waals surface area contributed by atoms with Gasteiger partial charge in [0, 0.05) is 38.3 Å². The Kier molecular flexibility index (Phi) is 5.02. The van der Waals surface area contributed by atoms with Gasteiger partial charge < -0.3 is 19.7 Å². The lowest BCUT2D eigenvalue weighted by Crippen LogP contribution is -2.39. The van der Waals surface area contributed by atoms with Crippen LogP contribution in [0.5, 0.6) is 11.5 Å². The summed E-state index contributed by atoms with van der Waals surface area (Å²) < 4.78 is 36.6. The van der Waals surface area contributed by atoms with E-state index in [-0.39, 0.29) is 37.2 Å². The fourth-order valence-electron chi connectivity index (χ4n) is 3.32. The highest BCUT2D eigenvalue weighted by Crippen LogP contribution is 2.42. The predicted octanol–water partition coefficient (Wildman–Crippen LogP) is 2.68. The van der Waals surface area contributed by atoms with Crippen molar-refractivity contribution < 1.29 is 27.8 Å². The van der Waals surface area contributed by atoms with Crippen molar-refractivity contribution in [3.8, 4) is 11.5 Å². The predicted molar refractivity (Wildman–Crippen MR) is 90.6 cm³/mol. The number of carbonyl (C=O) groups is 2. The first-order valence-corrected chi connectivity index (χ1v) is 8.54. The molecule has 142 valence electrons. The molecule has 1 aromatic rings. The van der Waals surface area contributed by atoms with Crippen LogP contribution in [0.15, 0.2) is 18.2 Å². The zero-order valence-electron chi connectivity index (χ0n) is 14.8. The topological polar surface area (TPSA) is 67.9 Å². The van der Waals surface area contributed by atoms with Gasteiger partial charge >= 0.3 is 0 Å². The zero-order valence-corrected chi connectivity index (χ0v) is 14.8. The third-order valence-corrected chi connectivity index (χ3v) is 4.88. The summed E-state index contributed by atoms with van der Waals surface area (Å²) in [7, 11) is 3.08. The smallest absolute Gasteiger partial charge is 0.248 e. The maximum atomic E-state index is 12.9. The summed E-state index contributed by atoms with van der Waals surface area (Å²) in [6.45, 7) is 0.204. The molecule has 0 aromatic heterocycles. The normalized spacial score (nSPS) is 22.1. The summed E-state index contributed by atoms with van der Waals surface area (Å²) >= 11 is 0. The average molecular weight is 368 g/mol.